The molecule has 1 aromatic heterocycles. The van der Waals surface area contributed by atoms with Gasteiger partial charge >= 0.3 is 12.2 Å². The molecule has 0 aliphatic heterocycles. The molecular formula is C12H18F3N5O2. The molecule has 0 aliphatic rings. The lowest BCUT2D eigenvalue weighted by molar-refractivity contribution is -0.144. The van der Waals surface area contributed by atoms with Gasteiger partial charge in [-0.25, -0.2) is 4.79 Å². The van der Waals surface area contributed by atoms with Crippen LogP contribution in [0, 0.1) is 12.8 Å². The Morgan fingerprint density at radius 2 is 2.05 bits per heavy atom. The van der Waals surface area contributed by atoms with E-state index in [0.29, 0.717) is 0 Å². The first kappa shape index (κ1) is 17.8. The zero-order valence-corrected chi connectivity index (χ0v) is 12.2. The first-order chi connectivity index (χ1) is 10.1. The van der Waals surface area contributed by atoms with Gasteiger partial charge < -0.3 is 16.4 Å². The normalized spacial score (nSPS) is 12.8. The van der Waals surface area contributed by atoms with Gasteiger partial charge in [0.1, 0.15) is 5.69 Å². The van der Waals surface area contributed by atoms with Crippen LogP contribution in [0.1, 0.15) is 18.3 Å². The lowest BCUT2D eigenvalue weighted by atomic mass is 10.2. The van der Waals surface area contributed by atoms with E-state index in [-0.39, 0.29) is 31.2 Å². The topological polar surface area (TPSA) is 102 Å². The summed E-state index contributed by atoms with van der Waals surface area (Å²) in [6.45, 7) is 3.03. The van der Waals surface area contributed by atoms with Crippen molar-refractivity contribution in [2.75, 3.05) is 13.1 Å². The molecule has 10 heteroatoms. The van der Waals surface area contributed by atoms with Crippen molar-refractivity contribution in [1.82, 2.24) is 20.4 Å². The van der Waals surface area contributed by atoms with Crippen molar-refractivity contribution >= 4 is 11.9 Å². The average Bonchev–Trinajstić information content (AvgIpc) is 2.74. The van der Waals surface area contributed by atoms with Crippen molar-refractivity contribution in [3.63, 3.8) is 0 Å². The minimum absolute atomic E-state index is 0.00616. The Balaban J connectivity index is 2.54. The van der Waals surface area contributed by atoms with E-state index >= 15 is 0 Å². The number of carbonyl (C=O) groups is 2. The molecule has 7 nitrogen and oxygen atoms in total. The summed E-state index contributed by atoms with van der Waals surface area (Å²) in [6.07, 6.45) is -4.48. The van der Waals surface area contributed by atoms with Gasteiger partial charge in [-0.1, -0.05) is 6.92 Å². The minimum atomic E-state index is -4.48. The number of hydrogen-bond donors (Lipinski definition) is 3. The van der Waals surface area contributed by atoms with Crippen LogP contribution in [0.4, 0.5) is 18.0 Å². The third-order valence-electron chi connectivity index (χ3n) is 2.75. The minimum Gasteiger partial charge on any atom is -0.354 e. The van der Waals surface area contributed by atoms with Crippen molar-refractivity contribution in [2.24, 2.45) is 11.7 Å². The lowest BCUT2D eigenvalue weighted by Crippen LogP contribution is -2.41. The maximum absolute atomic E-state index is 12.8. The summed E-state index contributed by atoms with van der Waals surface area (Å²) in [6, 6.07) is 0.146. The van der Waals surface area contributed by atoms with Crippen molar-refractivity contribution in [3.8, 4) is 0 Å². The zero-order chi connectivity index (χ0) is 16.9. The second kappa shape index (κ2) is 7.14. The van der Waals surface area contributed by atoms with E-state index in [1.54, 1.807) is 6.92 Å². The third-order valence-corrected chi connectivity index (χ3v) is 2.75. The predicted molar refractivity (Wildman–Crippen MR) is 71.7 cm³/mol. The highest BCUT2D eigenvalue weighted by atomic mass is 19.4. The fourth-order valence-electron chi connectivity index (χ4n) is 1.79. The molecule has 0 unspecified atom stereocenters. The summed E-state index contributed by atoms with van der Waals surface area (Å²) < 4.78 is 39.3. The van der Waals surface area contributed by atoms with Crippen LogP contribution in [0.15, 0.2) is 6.07 Å². The Morgan fingerprint density at radius 3 is 2.59 bits per heavy atom. The van der Waals surface area contributed by atoms with E-state index in [0.717, 1.165) is 10.7 Å². The van der Waals surface area contributed by atoms with E-state index in [1.807, 2.05) is 0 Å². The molecule has 1 rings (SSSR count). The monoisotopic (exact) mass is 321 g/mol. The highest BCUT2D eigenvalue weighted by molar-refractivity contribution is 5.83. The van der Waals surface area contributed by atoms with Crippen LogP contribution < -0.4 is 16.4 Å². The van der Waals surface area contributed by atoms with Crippen LogP contribution in [0.2, 0.25) is 0 Å². The molecule has 0 spiro atoms. The van der Waals surface area contributed by atoms with E-state index in [1.165, 1.54) is 6.92 Å². The summed E-state index contributed by atoms with van der Waals surface area (Å²) in [7, 11) is 0. The molecular weight excluding hydrogens is 303 g/mol. The van der Waals surface area contributed by atoms with Crippen LogP contribution in [-0.2, 0) is 17.5 Å². The lowest BCUT2D eigenvalue weighted by Gasteiger charge is -2.16. The number of hydrogen-bond acceptors (Lipinski definition) is 3. The van der Waals surface area contributed by atoms with Crippen molar-refractivity contribution in [3.05, 3.63) is 17.5 Å². The Labute approximate surface area is 125 Å². The molecule has 0 radical (unpaired) electrons. The van der Waals surface area contributed by atoms with Gasteiger partial charge in [0.05, 0.1) is 12.2 Å². The highest BCUT2D eigenvalue weighted by Gasteiger charge is 2.35. The highest BCUT2D eigenvalue weighted by Crippen LogP contribution is 2.30. The molecule has 4 N–H and O–H groups in total. The number of nitrogens with two attached hydrogens (primary N) is 1. The van der Waals surface area contributed by atoms with Crippen molar-refractivity contribution in [1.29, 1.82) is 0 Å². The smallest absolute Gasteiger partial charge is 0.354 e. The third kappa shape index (κ3) is 5.62. The maximum Gasteiger partial charge on any atom is 0.433 e. The fourth-order valence-corrected chi connectivity index (χ4v) is 1.79. The van der Waals surface area contributed by atoms with Gasteiger partial charge in [0.15, 0.2) is 0 Å². The number of halogens is 3. The molecule has 124 valence electrons. The number of carbonyl (C=O) groups excluding carboxylic acids is 2. The average molecular weight is 321 g/mol. The predicted octanol–water partition coefficient (Wildman–Crippen LogP) is 0.631. The summed E-state index contributed by atoms with van der Waals surface area (Å²) >= 11 is 0. The number of urea groups is 1. The second-order valence-electron chi connectivity index (χ2n) is 4.98. The van der Waals surface area contributed by atoms with Crippen LogP contribution in [0.5, 0.6) is 0 Å². The first-order valence-electron chi connectivity index (χ1n) is 6.51. The standard InChI is InChI=1S/C12H18F3N5O2/c1-7(4-17-10(21)5-18-11(16)22)6-20-9(12(13,14)15)3-8(2)19-20/h3,7H,4-6H2,1-2H3,(H,17,21)(H3,16,18,22)/t7-/m0/s1. The largest absolute Gasteiger partial charge is 0.433 e. The van der Waals surface area contributed by atoms with E-state index in [9.17, 15) is 22.8 Å². The number of alkyl halides is 3. The van der Waals surface area contributed by atoms with Crippen LogP contribution in [-0.4, -0.2) is 34.8 Å². The van der Waals surface area contributed by atoms with E-state index < -0.39 is 23.8 Å². The Bertz CT molecular complexity index is 541. The van der Waals surface area contributed by atoms with Gasteiger partial charge in [0.2, 0.25) is 5.91 Å². The van der Waals surface area contributed by atoms with Gasteiger partial charge in [-0.3, -0.25) is 9.48 Å². The number of aromatic nitrogens is 2. The summed E-state index contributed by atoms with van der Waals surface area (Å²) in [5.74, 6) is -0.753. The molecule has 3 amide bonds. The Hall–Kier alpha value is -2.26. The molecule has 22 heavy (non-hydrogen) atoms. The molecule has 0 bridgehead atoms. The molecule has 0 aromatic carbocycles. The molecule has 0 aliphatic carbocycles. The number of primary amides is 1. The Morgan fingerprint density at radius 1 is 1.41 bits per heavy atom. The molecule has 1 heterocycles. The maximum atomic E-state index is 12.8. The van der Waals surface area contributed by atoms with Gasteiger partial charge in [0.25, 0.3) is 0 Å². The molecule has 1 atom stereocenters. The van der Waals surface area contributed by atoms with Gasteiger partial charge in [-0.2, -0.15) is 18.3 Å². The number of rotatable bonds is 6. The van der Waals surface area contributed by atoms with E-state index in [2.05, 4.69) is 15.7 Å². The van der Waals surface area contributed by atoms with Crippen LogP contribution >= 0.6 is 0 Å². The Kier molecular flexibility index (Phi) is 5.77. The number of nitrogens with one attached hydrogen (secondary N) is 2. The van der Waals surface area contributed by atoms with E-state index in [4.69, 9.17) is 5.73 Å². The number of amides is 3. The number of nitrogens with zero attached hydrogens (tertiary/aromatic N) is 2. The summed E-state index contributed by atoms with van der Waals surface area (Å²) in [5.41, 5.74) is 4.26. The van der Waals surface area contributed by atoms with Gasteiger partial charge in [-0.15, -0.1) is 0 Å². The first-order valence-corrected chi connectivity index (χ1v) is 6.51. The molecule has 0 saturated heterocycles. The molecule has 0 fully saturated rings. The molecule has 0 saturated carbocycles. The second-order valence-corrected chi connectivity index (χ2v) is 4.98. The molecule has 1 aromatic rings. The summed E-state index contributed by atoms with van der Waals surface area (Å²) in [5, 5.41) is 8.42. The number of aryl methyl sites for hydroxylation is 1. The van der Waals surface area contributed by atoms with Gasteiger partial charge in [0, 0.05) is 13.1 Å². The van der Waals surface area contributed by atoms with Crippen molar-refractivity contribution in [2.45, 2.75) is 26.6 Å². The zero-order valence-electron chi connectivity index (χ0n) is 12.2. The quantitative estimate of drug-likeness (QED) is 0.716. The fraction of sp³-hybridized carbons (Fsp3) is 0.583. The van der Waals surface area contributed by atoms with Crippen molar-refractivity contribution < 1.29 is 22.8 Å². The SMILES string of the molecule is Cc1cc(C(F)(F)F)n(C[C@@H](C)CNC(=O)CNC(N)=O)n1. The summed E-state index contributed by atoms with van der Waals surface area (Å²) in [4.78, 5) is 21.8. The van der Waals surface area contributed by atoms with Crippen LogP contribution in [0.25, 0.3) is 0 Å². The van der Waals surface area contributed by atoms with Crippen LogP contribution in [0.3, 0.4) is 0 Å². The van der Waals surface area contributed by atoms with Gasteiger partial charge in [-0.05, 0) is 18.9 Å².